The number of benzene rings is 8. The van der Waals surface area contributed by atoms with Crippen LogP contribution < -0.4 is 18.9 Å². The SMILES string of the molecule is CCCCC[C@H]1CC[C@H](c2ccc(-c3ccccc3C(=O)O[C@H]3CO[C@@H]4[C@H]3OC[C@H]4OC(=O)c3ccc(-c4ccc5c(c4)-c4c(c6c(c7cc(OC)ccc47)OC(c4ccc(OC)cc4)(c4ccc(OC[C@@H](C)CC)cc4)C=C6)C5(C)C)cc3)cc2)CC1. The van der Waals surface area contributed by atoms with Gasteiger partial charge in [0, 0.05) is 27.5 Å². The van der Waals surface area contributed by atoms with Crippen LogP contribution in [0.2, 0.25) is 0 Å². The maximum Gasteiger partial charge on any atom is 0.339 e. The van der Waals surface area contributed by atoms with Gasteiger partial charge in [0.25, 0.3) is 0 Å². The summed E-state index contributed by atoms with van der Waals surface area (Å²) in [4.78, 5) is 27.9. The lowest BCUT2D eigenvalue weighted by Gasteiger charge is -2.38. The normalized spacial score (nSPS) is 22.4. The van der Waals surface area contributed by atoms with E-state index in [1.165, 1.54) is 68.1 Å². The van der Waals surface area contributed by atoms with E-state index in [2.05, 4.69) is 126 Å². The molecule has 0 radical (unpaired) electrons. The summed E-state index contributed by atoms with van der Waals surface area (Å²) in [5.74, 6) is 4.06. The number of unbranched alkanes of at least 4 members (excludes halogenated alkanes) is 2. The number of methoxy groups -OCH3 is 2. The Morgan fingerprint density at radius 1 is 0.625 bits per heavy atom. The van der Waals surface area contributed by atoms with Crippen LogP contribution >= 0.6 is 0 Å². The van der Waals surface area contributed by atoms with Crippen LogP contribution in [0, 0.1) is 11.8 Å². The van der Waals surface area contributed by atoms with Crippen molar-refractivity contribution in [1.29, 1.82) is 0 Å². The van der Waals surface area contributed by atoms with Crippen molar-refractivity contribution in [3.05, 3.63) is 208 Å². The smallest absolute Gasteiger partial charge is 0.339 e. The highest BCUT2D eigenvalue weighted by Crippen LogP contribution is 2.59. The first-order valence-electron chi connectivity index (χ1n) is 31.9. The van der Waals surface area contributed by atoms with Gasteiger partial charge in [-0.1, -0.05) is 164 Å². The molecule has 8 aromatic carbocycles. The molecular weight excluding hydrogens is 1100 g/mol. The van der Waals surface area contributed by atoms with Crippen LogP contribution in [0.25, 0.3) is 50.2 Å². The summed E-state index contributed by atoms with van der Waals surface area (Å²) < 4.78 is 50.0. The van der Waals surface area contributed by atoms with E-state index >= 15 is 0 Å². The molecule has 1 unspecified atom stereocenters. The third-order valence-corrected chi connectivity index (χ3v) is 19.7. The van der Waals surface area contributed by atoms with Gasteiger partial charge >= 0.3 is 11.9 Å². The summed E-state index contributed by atoms with van der Waals surface area (Å²) in [6.07, 6.45) is 13.4. The first-order chi connectivity index (χ1) is 42.9. The van der Waals surface area contributed by atoms with Gasteiger partial charge in [-0.2, -0.15) is 0 Å². The summed E-state index contributed by atoms with van der Waals surface area (Å²) in [5.41, 5.74) is 12.3. The van der Waals surface area contributed by atoms with Crippen molar-refractivity contribution >= 4 is 28.8 Å². The van der Waals surface area contributed by atoms with Crippen LogP contribution in [0.1, 0.15) is 152 Å². The minimum absolute atomic E-state index is 0.127. The number of hydrogen-bond donors (Lipinski definition) is 0. The predicted octanol–water partition coefficient (Wildman–Crippen LogP) is 17.7. The highest BCUT2D eigenvalue weighted by Gasteiger charge is 2.52. The third-order valence-electron chi connectivity index (χ3n) is 19.7. The number of hydrogen-bond acceptors (Lipinski definition) is 10. The zero-order valence-electron chi connectivity index (χ0n) is 51.8. The lowest BCUT2D eigenvalue weighted by molar-refractivity contribution is -0.0287. The van der Waals surface area contributed by atoms with Crippen LogP contribution in [0.3, 0.4) is 0 Å². The van der Waals surface area contributed by atoms with Crippen LogP contribution in [-0.2, 0) is 30.0 Å². The Hall–Kier alpha value is -8.18. The van der Waals surface area contributed by atoms with E-state index in [1.54, 1.807) is 14.2 Å². The van der Waals surface area contributed by atoms with Crippen molar-refractivity contribution in [1.82, 2.24) is 0 Å². The molecule has 0 N–H and O–H groups in total. The molecule has 0 spiro atoms. The summed E-state index contributed by atoms with van der Waals surface area (Å²) in [7, 11) is 3.38. The topological polar surface area (TPSA) is 108 Å². The quantitative estimate of drug-likeness (QED) is 0.0574. The summed E-state index contributed by atoms with van der Waals surface area (Å²) in [6, 6.07) is 53.3. The average Bonchev–Trinajstić information content (AvgIpc) is 1.50. The van der Waals surface area contributed by atoms with Crippen LogP contribution in [-0.4, -0.2) is 70.4 Å². The zero-order valence-corrected chi connectivity index (χ0v) is 51.8. The number of carbonyl (C=O) groups is 2. The summed E-state index contributed by atoms with van der Waals surface area (Å²) in [6.45, 7) is 12.2. The van der Waals surface area contributed by atoms with Gasteiger partial charge in [-0.05, 0) is 172 Å². The molecule has 3 fully saturated rings. The average molecular weight is 1180 g/mol. The van der Waals surface area contributed by atoms with Crippen LogP contribution in [0.5, 0.6) is 23.0 Å². The molecule has 6 atom stereocenters. The minimum Gasteiger partial charge on any atom is -0.497 e. The van der Waals surface area contributed by atoms with E-state index in [9.17, 15) is 9.59 Å². The molecule has 1 saturated carbocycles. The molecule has 0 aromatic heterocycles. The highest BCUT2D eigenvalue weighted by molar-refractivity contribution is 6.09. The second kappa shape index (κ2) is 24.8. The molecule has 2 saturated heterocycles. The van der Waals surface area contributed by atoms with Crippen molar-refractivity contribution in [2.45, 2.75) is 134 Å². The summed E-state index contributed by atoms with van der Waals surface area (Å²) >= 11 is 0. The van der Waals surface area contributed by atoms with Gasteiger partial charge in [0.15, 0.2) is 17.8 Å². The van der Waals surface area contributed by atoms with Crippen molar-refractivity contribution in [3.8, 4) is 56.4 Å². The molecule has 3 aliphatic heterocycles. The van der Waals surface area contributed by atoms with Crippen LogP contribution in [0.15, 0.2) is 164 Å². The Kier molecular flexibility index (Phi) is 16.6. The maximum absolute atomic E-state index is 14.0. The first kappa shape index (κ1) is 58.8. The van der Waals surface area contributed by atoms with Crippen molar-refractivity contribution < 1.29 is 47.5 Å². The Morgan fingerprint density at radius 3 is 1.93 bits per heavy atom. The molecule has 8 aromatic rings. The largest absolute Gasteiger partial charge is 0.497 e. The Morgan fingerprint density at radius 2 is 1.26 bits per heavy atom. The van der Waals surface area contributed by atoms with Crippen molar-refractivity contribution in [2.24, 2.45) is 11.8 Å². The fraction of sp³-hybridized carbons (Fsp3) is 0.359. The van der Waals surface area contributed by atoms with Gasteiger partial charge in [-0.15, -0.1) is 0 Å². The van der Waals surface area contributed by atoms with E-state index in [1.807, 2.05) is 78.9 Å². The molecule has 0 bridgehead atoms. The minimum atomic E-state index is -0.994. The van der Waals surface area contributed by atoms with Gasteiger partial charge in [0.05, 0.1) is 45.2 Å². The van der Waals surface area contributed by atoms with Crippen molar-refractivity contribution in [2.75, 3.05) is 34.0 Å². The molecule has 0 amide bonds. The molecule has 13 rings (SSSR count). The van der Waals surface area contributed by atoms with E-state index in [4.69, 9.17) is 37.9 Å². The number of esters is 2. The van der Waals surface area contributed by atoms with Gasteiger partial charge in [0.1, 0.15) is 35.2 Å². The molecule has 10 nitrogen and oxygen atoms in total. The molecule has 3 heterocycles. The molecule has 452 valence electrons. The fourth-order valence-corrected chi connectivity index (χ4v) is 14.4. The van der Waals surface area contributed by atoms with Gasteiger partial charge in [-0.25, -0.2) is 9.59 Å². The molecule has 2 aliphatic carbocycles. The van der Waals surface area contributed by atoms with E-state index in [0.29, 0.717) is 29.6 Å². The van der Waals surface area contributed by atoms with Gasteiger partial charge < -0.3 is 37.9 Å². The number of carbonyl (C=O) groups excluding carboxylic acids is 2. The Labute approximate surface area is 518 Å². The molecular formula is C78H80O10. The van der Waals surface area contributed by atoms with E-state index in [-0.39, 0.29) is 13.2 Å². The number of fused-ring (bicyclic) bond motifs is 9. The fourth-order valence-electron chi connectivity index (χ4n) is 14.4. The second-order valence-corrected chi connectivity index (χ2v) is 25.5. The second-order valence-electron chi connectivity index (χ2n) is 25.5. The lowest BCUT2D eigenvalue weighted by atomic mass is 9.76. The van der Waals surface area contributed by atoms with Gasteiger partial charge in [0.2, 0.25) is 0 Å². The Balaban J connectivity index is 0.707. The number of ether oxygens (including phenoxy) is 8. The molecule has 5 aliphatic rings. The standard InChI is InChI=1S/C78H80O10/c1-8-10-11-14-49-17-19-50(20-18-49)51-21-25-53(26-22-51)61-15-12-13-16-63(61)76(80)87-69-47-85-73-68(46-84-74(69)73)86-75(79)54-27-23-52(24-28-54)55-29-40-67-66(43-55)70-62-39-38-60(82-7)44-65(62)72-64(71(70)77(67,4)5)41-42-78(88-72,56-30-34-58(81-6)35-31-56)57-32-36-59(37-33-57)83-45-48(3)9-2/h12-13,15-16,21-44,48-50,68-69,73-74H,8-11,14,17-20,45-47H2,1-7H3/t48-,49-,50-,68+,69-,73-,74-,78?/m0/s1. The number of rotatable bonds is 19. The monoisotopic (exact) mass is 1180 g/mol. The molecule has 88 heavy (non-hydrogen) atoms. The first-order valence-corrected chi connectivity index (χ1v) is 31.9. The van der Waals surface area contributed by atoms with Crippen molar-refractivity contribution in [3.63, 3.8) is 0 Å². The van der Waals surface area contributed by atoms with Crippen LogP contribution in [0.4, 0.5) is 0 Å². The van der Waals surface area contributed by atoms with Gasteiger partial charge in [-0.3, -0.25) is 0 Å². The van der Waals surface area contributed by atoms with E-state index in [0.717, 1.165) is 96.2 Å². The zero-order chi connectivity index (χ0) is 60.7. The highest BCUT2D eigenvalue weighted by atomic mass is 16.7. The maximum atomic E-state index is 14.0. The third kappa shape index (κ3) is 11.1. The molecule has 10 heteroatoms. The van der Waals surface area contributed by atoms with E-state index < -0.39 is 47.4 Å². The predicted molar refractivity (Wildman–Crippen MR) is 347 cm³/mol. The summed E-state index contributed by atoms with van der Waals surface area (Å²) in [5, 5.41) is 2.00. The lowest BCUT2D eigenvalue weighted by Crippen LogP contribution is -2.36. The Bertz CT molecular complexity index is 3870.